The molecule has 1 N–H and O–H groups in total. The van der Waals surface area contributed by atoms with Crippen molar-refractivity contribution in [2.24, 2.45) is 0 Å². The third kappa shape index (κ3) is 4.03. The third-order valence-electron chi connectivity index (χ3n) is 2.31. The first-order chi connectivity index (χ1) is 7.71. The molecule has 0 spiro atoms. The van der Waals surface area contributed by atoms with Crippen LogP contribution in [0.25, 0.3) is 0 Å². The minimum atomic E-state index is -0.235. The molecule has 0 saturated heterocycles. The fourth-order valence-electron chi connectivity index (χ4n) is 1.63. The molecule has 0 aliphatic rings. The first-order valence-electron chi connectivity index (χ1n) is 5.24. The number of halogens is 1. The lowest BCUT2D eigenvalue weighted by Gasteiger charge is -2.24. The van der Waals surface area contributed by atoms with Crippen molar-refractivity contribution in [1.29, 1.82) is 0 Å². The average molecular weight is 264 g/mol. The molecule has 1 unspecified atom stereocenters. The van der Waals surface area contributed by atoms with Crippen molar-refractivity contribution in [3.8, 4) is 0 Å². The molecule has 0 amide bonds. The maximum atomic E-state index is 5.90. The molecule has 0 bridgehead atoms. The summed E-state index contributed by atoms with van der Waals surface area (Å²) in [6.07, 6.45) is 0.623. The van der Waals surface area contributed by atoms with Gasteiger partial charge in [0.1, 0.15) is 0 Å². The van der Waals surface area contributed by atoms with E-state index in [1.807, 2.05) is 12.1 Å². The van der Waals surface area contributed by atoms with Crippen LogP contribution in [-0.4, -0.2) is 33.1 Å². The van der Waals surface area contributed by atoms with Crippen LogP contribution in [0.5, 0.6) is 0 Å². The molecular formula is C11H18ClNO2S. The highest BCUT2D eigenvalue weighted by Gasteiger charge is 2.20. The lowest BCUT2D eigenvalue weighted by atomic mass is 10.1. The van der Waals surface area contributed by atoms with Crippen molar-refractivity contribution in [3.63, 3.8) is 0 Å². The largest absolute Gasteiger partial charge is 0.354 e. The molecule has 0 aliphatic carbocycles. The Bertz CT molecular complexity index is 302. The normalized spacial score (nSPS) is 13.3. The Balaban J connectivity index is 2.63. The van der Waals surface area contributed by atoms with Crippen molar-refractivity contribution in [3.05, 3.63) is 21.3 Å². The Morgan fingerprint density at radius 2 is 2.06 bits per heavy atom. The second-order valence-electron chi connectivity index (χ2n) is 3.41. The number of rotatable bonds is 7. The van der Waals surface area contributed by atoms with Crippen molar-refractivity contribution < 1.29 is 9.47 Å². The number of ether oxygens (including phenoxy) is 2. The smallest absolute Gasteiger partial charge is 0.172 e. The Morgan fingerprint density at radius 3 is 2.50 bits per heavy atom. The van der Waals surface area contributed by atoms with Crippen molar-refractivity contribution in [1.82, 2.24) is 5.32 Å². The van der Waals surface area contributed by atoms with Crippen molar-refractivity contribution >= 4 is 22.9 Å². The zero-order valence-electron chi connectivity index (χ0n) is 9.83. The van der Waals surface area contributed by atoms with Crippen LogP contribution in [0.1, 0.15) is 11.8 Å². The van der Waals surface area contributed by atoms with Gasteiger partial charge in [-0.3, -0.25) is 0 Å². The molecule has 3 nitrogen and oxygen atoms in total. The van der Waals surface area contributed by atoms with E-state index < -0.39 is 0 Å². The molecule has 0 aromatic carbocycles. The van der Waals surface area contributed by atoms with Gasteiger partial charge in [0.05, 0.1) is 10.4 Å². The van der Waals surface area contributed by atoms with Gasteiger partial charge in [-0.15, -0.1) is 11.3 Å². The van der Waals surface area contributed by atoms with Gasteiger partial charge < -0.3 is 14.8 Å². The summed E-state index contributed by atoms with van der Waals surface area (Å²) in [7, 11) is 3.31. The lowest BCUT2D eigenvalue weighted by molar-refractivity contribution is -0.122. The van der Waals surface area contributed by atoms with Gasteiger partial charge in [0.15, 0.2) is 6.29 Å². The van der Waals surface area contributed by atoms with Crippen LogP contribution < -0.4 is 5.32 Å². The van der Waals surface area contributed by atoms with Crippen molar-refractivity contribution in [2.45, 2.75) is 25.7 Å². The van der Waals surface area contributed by atoms with Gasteiger partial charge in [0.2, 0.25) is 0 Å². The minimum absolute atomic E-state index is 0.148. The van der Waals surface area contributed by atoms with Gasteiger partial charge in [0, 0.05) is 25.5 Å². The number of thiophene rings is 1. The van der Waals surface area contributed by atoms with Crippen LogP contribution in [0.15, 0.2) is 12.1 Å². The lowest BCUT2D eigenvalue weighted by Crippen LogP contribution is -2.43. The molecule has 1 atom stereocenters. The van der Waals surface area contributed by atoms with E-state index in [1.165, 1.54) is 4.88 Å². The Morgan fingerprint density at radius 1 is 1.38 bits per heavy atom. The fourth-order valence-corrected chi connectivity index (χ4v) is 2.78. The predicted octanol–water partition coefficient (Wildman–Crippen LogP) is 2.54. The first-order valence-corrected chi connectivity index (χ1v) is 6.43. The number of hydrogen-bond donors (Lipinski definition) is 1. The number of hydrogen-bond acceptors (Lipinski definition) is 4. The molecule has 0 radical (unpaired) electrons. The maximum absolute atomic E-state index is 5.90. The number of nitrogens with one attached hydrogen (secondary N) is 1. The van der Waals surface area contributed by atoms with Crippen molar-refractivity contribution in [2.75, 3.05) is 20.8 Å². The van der Waals surface area contributed by atoms with E-state index in [4.69, 9.17) is 21.1 Å². The zero-order chi connectivity index (χ0) is 12.0. The van der Waals surface area contributed by atoms with E-state index in [-0.39, 0.29) is 12.3 Å². The summed E-state index contributed by atoms with van der Waals surface area (Å²) < 4.78 is 11.4. The Hall–Kier alpha value is -0.130. The molecule has 1 rings (SSSR count). The highest BCUT2D eigenvalue weighted by atomic mass is 35.5. The molecule has 16 heavy (non-hydrogen) atoms. The Labute approximate surface area is 106 Å². The van der Waals surface area contributed by atoms with E-state index in [9.17, 15) is 0 Å². The summed E-state index contributed by atoms with van der Waals surface area (Å²) in [6.45, 7) is 2.95. The SMILES string of the molecule is CCNC(Cc1ccc(Cl)s1)C(OC)OC. The van der Waals surface area contributed by atoms with Gasteiger partial charge in [-0.25, -0.2) is 0 Å². The van der Waals surface area contributed by atoms with Crippen LogP contribution in [0.3, 0.4) is 0 Å². The molecule has 0 fully saturated rings. The summed E-state index contributed by atoms with van der Waals surface area (Å²) in [5.41, 5.74) is 0. The molecule has 0 aliphatic heterocycles. The second kappa shape index (κ2) is 7.25. The van der Waals surface area contributed by atoms with Crippen LogP contribution in [0.2, 0.25) is 4.34 Å². The molecule has 1 aromatic rings. The summed E-state index contributed by atoms with van der Waals surface area (Å²) in [6, 6.07) is 4.11. The van der Waals surface area contributed by atoms with Gasteiger partial charge >= 0.3 is 0 Å². The summed E-state index contributed by atoms with van der Waals surface area (Å²) in [5, 5.41) is 3.36. The molecule has 5 heteroatoms. The third-order valence-corrected chi connectivity index (χ3v) is 3.56. The average Bonchev–Trinajstić information content (AvgIpc) is 2.66. The van der Waals surface area contributed by atoms with Gasteiger partial charge in [0.25, 0.3) is 0 Å². The number of likely N-dealkylation sites (N-methyl/N-ethyl adjacent to an activating group) is 1. The predicted molar refractivity (Wildman–Crippen MR) is 68.3 cm³/mol. The van der Waals surface area contributed by atoms with Crippen LogP contribution >= 0.6 is 22.9 Å². The van der Waals surface area contributed by atoms with E-state index in [0.717, 1.165) is 17.3 Å². The summed E-state index contributed by atoms with van der Waals surface area (Å²) in [5.74, 6) is 0. The van der Waals surface area contributed by atoms with E-state index in [1.54, 1.807) is 25.6 Å². The summed E-state index contributed by atoms with van der Waals surface area (Å²) >= 11 is 7.50. The molecule has 0 saturated carbocycles. The second-order valence-corrected chi connectivity index (χ2v) is 5.21. The van der Waals surface area contributed by atoms with Crippen LogP contribution in [-0.2, 0) is 15.9 Å². The molecule has 92 valence electrons. The molecule has 1 aromatic heterocycles. The minimum Gasteiger partial charge on any atom is -0.354 e. The van der Waals surface area contributed by atoms with E-state index in [2.05, 4.69) is 12.2 Å². The maximum Gasteiger partial charge on any atom is 0.172 e. The molecule has 1 heterocycles. The van der Waals surface area contributed by atoms with Crippen LogP contribution in [0.4, 0.5) is 0 Å². The molecular weight excluding hydrogens is 246 g/mol. The van der Waals surface area contributed by atoms with Gasteiger partial charge in [-0.2, -0.15) is 0 Å². The van der Waals surface area contributed by atoms with Gasteiger partial charge in [-0.1, -0.05) is 18.5 Å². The number of methoxy groups -OCH3 is 2. The highest BCUT2D eigenvalue weighted by molar-refractivity contribution is 7.16. The highest BCUT2D eigenvalue weighted by Crippen LogP contribution is 2.23. The fraction of sp³-hybridized carbons (Fsp3) is 0.636. The zero-order valence-corrected chi connectivity index (χ0v) is 11.4. The van der Waals surface area contributed by atoms with E-state index >= 15 is 0 Å². The quantitative estimate of drug-likeness (QED) is 0.767. The first kappa shape index (κ1) is 13.9. The van der Waals surface area contributed by atoms with E-state index in [0.29, 0.717) is 0 Å². The summed E-state index contributed by atoms with van der Waals surface area (Å²) in [4.78, 5) is 1.23. The monoisotopic (exact) mass is 263 g/mol. The van der Waals surface area contributed by atoms with Gasteiger partial charge in [-0.05, 0) is 18.7 Å². The Kier molecular flexibility index (Phi) is 6.31. The standard InChI is InChI=1S/C11H18ClNO2S/c1-4-13-9(11(14-2)15-3)7-8-5-6-10(12)16-8/h5-6,9,11,13H,4,7H2,1-3H3. The topological polar surface area (TPSA) is 30.5 Å². The van der Waals surface area contributed by atoms with Crippen LogP contribution in [0, 0.1) is 0 Å².